The second kappa shape index (κ2) is 10.1. The highest BCUT2D eigenvalue weighted by Gasteiger charge is 2.39. The number of carbonyl (C=O) groups excluding carboxylic acids is 3. The number of urea groups is 1. The van der Waals surface area contributed by atoms with Crippen molar-refractivity contribution in [2.75, 3.05) is 53.5 Å². The molecule has 9 nitrogen and oxygen atoms in total. The molecule has 9 heteroatoms. The normalized spacial score (nSPS) is 18.2. The number of carbonyl (C=O) groups is 3. The molecule has 0 spiro atoms. The summed E-state index contributed by atoms with van der Waals surface area (Å²) in [5.41, 5.74) is -0.276. The van der Waals surface area contributed by atoms with E-state index in [1.54, 1.807) is 32.1 Å². The zero-order chi connectivity index (χ0) is 23.3. The van der Waals surface area contributed by atoms with Crippen molar-refractivity contribution in [2.45, 2.75) is 38.6 Å². The molecule has 0 saturated carbocycles. The van der Waals surface area contributed by atoms with Gasteiger partial charge in [-0.2, -0.15) is 0 Å². The number of ether oxygens (including phenoxy) is 2. The van der Waals surface area contributed by atoms with Gasteiger partial charge in [0, 0.05) is 52.6 Å². The predicted octanol–water partition coefficient (Wildman–Crippen LogP) is 1.50. The lowest BCUT2D eigenvalue weighted by Crippen LogP contribution is -2.62. The molecule has 32 heavy (non-hydrogen) atoms. The molecule has 0 bridgehead atoms. The van der Waals surface area contributed by atoms with E-state index in [-0.39, 0.29) is 17.8 Å². The first-order valence-corrected chi connectivity index (χ1v) is 11.1. The van der Waals surface area contributed by atoms with Gasteiger partial charge in [0.05, 0.1) is 14.2 Å². The fourth-order valence-corrected chi connectivity index (χ4v) is 4.52. The molecule has 2 aliphatic heterocycles. The van der Waals surface area contributed by atoms with E-state index in [9.17, 15) is 14.4 Å². The monoisotopic (exact) mass is 446 g/mol. The molecule has 2 fully saturated rings. The van der Waals surface area contributed by atoms with Crippen molar-refractivity contribution in [1.82, 2.24) is 20.0 Å². The highest BCUT2D eigenvalue weighted by atomic mass is 16.5. The zero-order valence-corrected chi connectivity index (χ0v) is 19.5. The number of hydrogen-bond donors (Lipinski definition) is 1. The lowest BCUT2D eigenvalue weighted by atomic mass is 9.90. The largest absolute Gasteiger partial charge is 0.493 e. The number of rotatable bonds is 6. The summed E-state index contributed by atoms with van der Waals surface area (Å²) in [5, 5.41) is 2.86. The van der Waals surface area contributed by atoms with Gasteiger partial charge < -0.3 is 29.5 Å². The Morgan fingerprint density at radius 1 is 0.906 bits per heavy atom. The van der Waals surface area contributed by atoms with E-state index < -0.39 is 5.54 Å². The molecule has 176 valence electrons. The van der Waals surface area contributed by atoms with E-state index >= 15 is 0 Å². The summed E-state index contributed by atoms with van der Waals surface area (Å²) in [7, 11) is 3.12. The molecule has 1 aromatic rings. The van der Waals surface area contributed by atoms with Crippen LogP contribution in [-0.4, -0.2) is 91.6 Å². The number of nitrogens with zero attached hydrogens (tertiary/aromatic N) is 3. The second-order valence-electron chi connectivity index (χ2n) is 8.64. The van der Waals surface area contributed by atoms with Gasteiger partial charge in [0.1, 0.15) is 5.54 Å². The molecule has 4 amide bonds. The van der Waals surface area contributed by atoms with Gasteiger partial charge in [0.2, 0.25) is 11.8 Å². The summed E-state index contributed by atoms with van der Waals surface area (Å²) in [6.07, 6.45) is 2.41. The molecule has 1 atom stereocenters. The van der Waals surface area contributed by atoms with Gasteiger partial charge in [-0.15, -0.1) is 0 Å². The van der Waals surface area contributed by atoms with Crippen LogP contribution in [0.5, 0.6) is 11.5 Å². The Labute approximate surface area is 189 Å². The van der Waals surface area contributed by atoms with Crippen LogP contribution in [0.2, 0.25) is 0 Å². The quantitative estimate of drug-likeness (QED) is 0.715. The summed E-state index contributed by atoms with van der Waals surface area (Å²) in [4.78, 5) is 43.6. The number of benzene rings is 1. The standard InChI is InChI=1S/C23H34N4O5/c1-17(28)24-23(2,16-18-7-8-19(31-3)20(15-18)32-4)21(29)25-11-13-27(14-12-25)22(30)26-9-5-6-10-26/h7-8,15H,5-6,9-14,16H2,1-4H3,(H,24,28)/t23-/m1/s1. The van der Waals surface area contributed by atoms with Gasteiger partial charge in [0.15, 0.2) is 11.5 Å². The van der Waals surface area contributed by atoms with Crippen LogP contribution in [0.4, 0.5) is 4.79 Å². The number of hydrogen-bond acceptors (Lipinski definition) is 5. The topological polar surface area (TPSA) is 91.4 Å². The van der Waals surface area contributed by atoms with Crippen LogP contribution in [0.25, 0.3) is 0 Å². The van der Waals surface area contributed by atoms with Crippen molar-refractivity contribution < 1.29 is 23.9 Å². The SMILES string of the molecule is COc1ccc(C[C@@](C)(NC(C)=O)C(=O)N2CCN(C(=O)N3CCCC3)CC2)cc1OC. The van der Waals surface area contributed by atoms with Gasteiger partial charge >= 0.3 is 6.03 Å². The highest BCUT2D eigenvalue weighted by molar-refractivity contribution is 5.91. The Bertz CT molecular complexity index is 847. The van der Waals surface area contributed by atoms with Crippen LogP contribution >= 0.6 is 0 Å². The smallest absolute Gasteiger partial charge is 0.320 e. The summed E-state index contributed by atoms with van der Waals surface area (Å²) in [6.45, 7) is 6.65. The van der Waals surface area contributed by atoms with Crippen LogP contribution in [-0.2, 0) is 16.0 Å². The van der Waals surface area contributed by atoms with Crippen molar-refractivity contribution in [3.8, 4) is 11.5 Å². The molecule has 3 rings (SSSR count). The lowest BCUT2D eigenvalue weighted by Gasteiger charge is -2.41. The Hall–Kier alpha value is -2.97. The van der Waals surface area contributed by atoms with E-state index in [1.807, 2.05) is 21.9 Å². The summed E-state index contributed by atoms with van der Waals surface area (Å²) >= 11 is 0. The maximum Gasteiger partial charge on any atom is 0.320 e. The third-order valence-electron chi connectivity index (χ3n) is 6.14. The van der Waals surface area contributed by atoms with Crippen LogP contribution in [0.3, 0.4) is 0 Å². The minimum absolute atomic E-state index is 0.0598. The second-order valence-corrected chi connectivity index (χ2v) is 8.64. The minimum atomic E-state index is -1.12. The van der Waals surface area contributed by atoms with Crippen molar-refractivity contribution in [3.05, 3.63) is 23.8 Å². The molecule has 2 heterocycles. The molecular weight excluding hydrogens is 412 g/mol. The Kier molecular flexibility index (Phi) is 7.48. The Morgan fingerprint density at radius 3 is 2.03 bits per heavy atom. The summed E-state index contributed by atoms with van der Waals surface area (Å²) < 4.78 is 10.7. The van der Waals surface area contributed by atoms with Gasteiger partial charge in [-0.05, 0) is 37.5 Å². The van der Waals surface area contributed by atoms with Crippen LogP contribution in [0.15, 0.2) is 18.2 Å². The number of piperazine rings is 1. The van der Waals surface area contributed by atoms with E-state index in [0.29, 0.717) is 44.1 Å². The summed E-state index contributed by atoms with van der Waals surface area (Å²) in [5.74, 6) is 0.735. The Balaban J connectivity index is 1.70. The fourth-order valence-electron chi connectivity index (χ4n) is 4.52. The molecule has 2 aliphatic rings. The maximum atomic E-state index is 13.5. The van der Waals surface area contributed by atoms with E-state index in [1.165, 1.54) is 6.92 Å². The minimum Gasteiger partial charge on any atom is -0.493 e. The van der Waals surface area contributed by atoms with E-state index in [2.05, 4.69) is 5.32 Å². The molecule has 1 aromatic carbocycles. The first kappa shape index (κ1) is 23.7. The molecule has 0 aromatic heterocycles. The van der Waals surface area contributed by atoms with Gasteiger partial charge in [0.25, 0.3) is 0 Å². The van der Waals surface area contributed by atoms with Gasteiger partial charge in [-0.1, -0.05) is 6.07 Å². The van der Waals surface area contributed by atoms with Crippen LogP contribution < -0.4 is 14.8 Å². The van der Waals surface area contributed by atoms with Gasteiger partial charge in [-0.3, -0.25) is 9.59 Å². The fraction of sp³-hybridized carbons (Fsp3) is 0.609. The van der Waals surface area contributed by atoms with E-state index in [4.69, 9.17) is 9.47 Å². The predicted molar refractivity (Wildman–Crippen MR) is 120 cm³/mol. The first-order valence-electron chi connectivity index (χ1n) is 11.1. The van der Waals surface area contributed by atoms with Crippen molar-refractivity contribution >= 4 is 17.8 Å². The average Bonchev–Trinajstić information content (AvgIpc) is 3.32. The highest BCUT2D eigenvalue weighted by Crippen LogP contribution is 2.29. The van der Waals surface area contributed by atoms with Crippen LogP contribution in [0, 0.1) is 0 Å². The van der Waals surface area contributed by atoms with Crippen molar-refractivity contribution in [3.63, 3.8) is 0 Å². The molecular formula is C23H34N4O5. The van der Waals surface area contributed by atoms with E-state index in [0.717, 1.165) is 31.5 Å². The van der Waals surface area contributed by atoms with Crippen molar-refractivity contribution in [1.29, 1.82) is 0 Å². The molecule has 0 radical (unpaired) electrons. The number of methoxy groups -OCH3 is 2. The zero-order valence-electron chi connectivity index (χ0n) is 19.5. The molecule has 1 N–H and O–H groups in total. The lowest BCUT2D eigenvalue weighted by molar-refractivity contribution is -0.142. The van der Waals surface area contributed by atoms with Crippen LogP contribution in [0.1, 0.15) is 32.3 Å². The van der Waals surface area contributed by atoms with Crippen molar-refractivity contribution in [2.24, 2.45) is 0 Å². The third kappa shape index (κ3) is 5.26. The molecule has 0 unspecified atom stereocenters. The Morgan fingerprint density at radius 2 is 1.47 bits per heavy atom. The average molecular weight is 447 g/mol. The molecule has 0 aliphatic carbocycles. The number of nitrogens with one attached hydrogen (secondary N) is 1. The molecule has 2 saturated heterocycles. The first-order chi connectivity index (χ1) is 15.3. The number of amides is 4. The maximum absolute atomic E-state index is 13.5. The van der Waals surface area contributed by atoms with Gasteiger partial charge in [-0.25, -0.2) is 4.79 Å². The third-order valence-corrected chi connectivity index (χ3v) is 6.14. The number of likely N-dealkylation sites (tertiary alicyclic amines) is 1. The summed E-state index contributed by atoms with van der Waals surface area (Å²) in [6, 6.07) is 5.53.